The molecule has 35 heavy (non-hydrogen) atoms. The lowest BCUT2D eigenvalue weighted by molar-refractivity contribution is -0.0216. The van der Waals surface area contributed by atoms with Crippen LogP contribution in [-0.2, 0) is 15.9 Å². The first-order chi connectivity index (χ1) is 16.8. The molecular formula is C24H20BF2N3O4S. The first kappa shape index (κ1) is 22.2. The van der Waals surface area contributed by atoms with E-state index in [1.165, 1.54) is 28.7 Å². The van der Waals surface area contributed by atoms with Gasteiger partial charge in [0.25, 0.3) is 5.91 Å². The fourth-order valence-corrected chi connectivity index (χ4v) is 6.62. The second-order valence-electron chi connectivity index (χ2n) is 8.86. The van der Waals surface area contributed by atoms with Crippen LogP contribution in [-0.4, -0.2) is 54.4 Å². The predicted octanol–water partition coefficient (Wildman–Crippen LogP) is 1.72. The first-order valence-corrected chi connectivity index (χ1v) is 12.1. The lowest BCUT2D eigenvalue weighted by Gasteiger charge is -2.56. The van der Waals surface area contributed by atoms with Crippen LogP contribution in [0.4, 0.5) is 8.78 Å². The number of hydrogen-bond donors (Lipinski definition) is 1. The van der Waals surface area contributed by atoms with Gasteiger partial charge in [0.2, 0.25) is 5.43 Å². The molecule has 0 unspecified atom stereocenters. The van der Waals surface area contributed by atoms with Crippen LogP contribution in [0.2, 0.25) is 0 Å². The molecule has 1 aromatic heterocycles. The molecule has 3 aromatic rings. The third-order valence-corrected chi connectivity index (χ3v) is 8.20. The van der Waals surface area contributed by atoms with E-state index in [2.05, 4.69) is 0 Å². The number of thioether (sulfide) groups is 1. The molecule has 3 aliphatic rings. The Hall–Kier alpha value is -3.31. The number of hydrogen-bond acceptors (Lipinski definition) is 6. The van der Waals surface area contributed by atoms with E-state index < -0.39 is 40.3 Å². The Morgan fingerprint density at radius 1 is 1.11 bits per heavy atom. The molecule has 0 saturated carbocycles. The van der Waals surface area contributed by atoms with Crippen molar-refractivity contribution in [3.05, 3.63) is 92.9 Å². The summed E-state index contributed by atoms with van der Waals surface area (Å²) in [4.78, 5) is 28.2. The van der Waals surface area contributed by atoms with E-state index in [9.17, 15) is 19.1 Å². The van der Waals surface area contributed by atoms with Gasteiger partial charge < -0.3 is 14.7 Å². The van der Waals surface area contributed by atoms with Crippen molar-refractivity contribution < 1.29 is 23.4 Å². The van der Waals surface area contributed by atoms with Gasteiger partial charge in [0.1, 0.15) is 14.0 Å². The molecule has 0 spiro atoms. The van der Waals surface area contributed by atoms with Gasteiger partial charge in [-0.1, -0.05) is 24.3 Å². The highest BCUT2D eigenvalue weighted by molar-refractivity contribution is 7.98. The summed E-state index contributed by atoms with van der Waals surface area (Å²) in [6, 6.07) is 11.5. The number of morpholine rings is 1. The molecule has 7 nitrogen and oxygen atoms in total. The molecule has 1 saturated heterocycles. The summed E-state index contributed by atoms with van der Waals surface area (Å²) in [5.74, 6) is -2.78. The number of nitrogens with zero attached hydrogens (tertiary/aromatic N) is 3. The molecule has 2 atom stereocenters. The van der Waals surface area contributed by atoms with Crippen LogP contribution >= 0.6 is 11.8 Å². The number of amides is 1. The summed E-state index contributed by atoms with van der Waals surface area (Å²) in [5.41, 5.74) is -0.413. The van der Waals surface area contributed by atoms with Gasteiger partial charge >= 0.3 is 0 Å². The predicted molar refractivity (Wildman–Crippen MR) is 128 cm³/mol. The number of carbonyl (C=O) groups excluding carboxylic acids is 1. The van der Waals surface area contributed by atoms with Crippen molar-refractivity contribution in [1.29, 1.82) is 0 Å². The average molecular weight is 495 g/mol. The molecule has 11 heteroatoms. The largest absolute Gasteiger partial charge is 0.502 e. The molecule has 4 heterocycles. The minimum absolute atomic E-state index is 0.155. The zero-order valence-corrected chi connectivity index (χ0v) is 19.5. The molecule has 1 amide bonds. The summed E-state index contributed by atoms with van der Waals surface area (Å²) in [6.45, 7) is 0.703. The number of ether oxygens (including phenoxy) is 1. The standard InChI is InChI=1S/C24H20BF2N3O4S/c25-24(14-5-6-16(26)20(27)13(14)12-35-18-4-2-1-3-15(18)24)30-19-11-34-10-9-28(19)23(33)21-22(32)17(31)7-8-29(21)30/h1-8,19,32H,9-12,25H2/t19-,24-/m1/s1. The van der Waals surface area contributed by atoms with Crippen LogP contribution in [0.3, 0.4) is 0 Å². The Morgan fingerprint density at radius 2 is 1.91 bits per heavy atom. The summed E-state index contributed by atoms with van der Waals surface area (Å²) in [7, 11) is 1.88. The normalized spacial score (nSPS) is 23.1. The number of aromatic nitrogens is 1. The number of halogens is 2. The summed E-state index contributed by atoms with van der Waals surface area (Å²) >= 11 is 1.40. The van der Waals surface area contributed by atoms with E-state index in [4.69, 9.17) is 4.74 Å². The Morgan fingerprint density at radius 3 is 2.74 bits per heavy atom. The number of rotatable bonds is 1. The van der Waals surface area contributed by atoms with Gasteiger partial charge in [-0.05, 0) is 23.3 Å². The van der Waals surface area contributed by atoms with Crippen LogP contribution in [0.15, 0.2) is 58.4 Å². The van der Waals surface area contributed by atoms with Gasteiger partial charge in [-0.2, -0.15) is 0 Å². The van der Waals surface area contributed by atoms with Crippen molar-refractivity contribution in [1.82, 2.24) is 9.58 Å². The zero-order valence-electron chi connectivity index (χ0n) is 18.7. The first-order valence-electron chi connectivity index (χ1n) is 11.2. The molecule has 1 fully saturated rings. The molecule has 178 valence electrons. The van der Waals surface area contributed by atoms with Gasteiger partial charge in [0, 0.05) is 35.0 Å². The van der Waals surface area contributed by atoms with Gasteiger partial charge in [0.05, 0.1) is 18.7 Å². The third kappa shape index (κ3) is 3.01. The number of fused-ring (bicyclic) bond motifs is 4. The summed E-state index contributed by atoms with van der Waals surface area (Å²) in [6.07, 6.45) is 0.805. The molecule has 3 aliphatic heterocycles. The van der Waals surface area contributed by atoms with Gasteiger partial charge in [0.15, 0.2) is 23.1 Å². The molecule has 0 radical (unpaired) electrons. The minimum atomic E-state index is -1.13. The van der Waals surface area contributed by atoms with E-state index >= 15 is 4.39 Å². The molecule has 1 N–H and O–H groups in total. The SMILES string of the molecule is B[C@]1(N2[C@@H]3COCCN3C(=O)c3c(O)c(=O)ccn32)c2ccccc2SCc2c1ccc(F)c2F. The Kier molecular flexibility index (Phi) is 4.98. The van der Waals surface area contributed by atoms with E-state index in [1.54, 1.807) is 11.0 Å². The maximum atomic E-state index is 15.2. The molecule has 2 aromatic carbocycles. The van der Waals surface area contributed by atoms with Gasteiger partial charge in [-0.15, -0.1) is 11.8 Å². The second-order valence-corrected chi connectivity index (χ2v) is 9.88. The molecule has 0 bridgehead atoms. The molecule has 6 rings (SSSR count). The summed E-state index contributed by atoms with van der Waals surface area (Å²) < 4.78 is 36.8. The van der Waals surface area contributed by atoms with Crippen LogP contribution in [0.1, 0.15) is 27.2 Å². The molecular weight excluding hydrogens is 475 g/mol. The van der Waals surface area contributed by atoms with E-state index in [0.29, 0.717) is 12.2 Å². The Balaban J connectivity index is 1.72. The number of pyridine rings is 1. The monoisotopic (exact) mass is 495 g/mol. The fraction of sp³-hybridized carbons (Fsp3) is 0.250. The maximum Gasteiger partial charge on any atom is 0.278 e. The fourth-order valence-electron chi connectivity index (χ4n) is 5.45. The van der Waals surface area contributed by atoms with Crippen LogP contribution < -0.4 is 10.4 Å². The van der Waals surface area contributed by atoms with Crippen LogP contribution in [0, 0.1) is 11.6 Å². The van der Waals surface area contributed by atoms with E-state index in [0.717, 1.165) is 16.5 Å². The van der Waals surface area contributed by atoms with Gasteiger partial charge in [-0.3, -0.25) is 19.3 Å². The summed E-state index contributed by atoms with van der Waals surface area (Å²) in [5, 5.41) is 12.5. The average Bonchev–Trinajstić information content (AvgIpc) is 2.99. The Labute approximate surface area is 204 Å². The maximum absolute atomic E-state index is 15.2. The van der Waals surface area contributed by atoms with Crippen LogP contribution in [0.25, 0.3) is 0 Å². The lowest BCUT2D eigenvalue weighted by atomic mass is 9.65. The quantitative estimate of drug-likeness (QED) is 0.519. The van der Waals surface area contributed by atoms with Crippen molar-refractivity contribution in [3.63, 3.8) is 0 Å². The van der Waals surface area contributed by atoms with Crippen molar-refractivity contribution in [3.8, 4) is 5.75 Å². The Bertz CT molecular complexity index is 1450. The minimum Gasteiger partial charge on any atom is -0.502 e. The van der Waals surface area contributed by atoms with E-state index in [-0.39, 0.29) is 30.2 Å². The van der Waals surface area contributed by atoms with Crippen molar-refractivity contribution in [2.75, 3.05) is 24.8 Å². The smallest absolute Gasteiger partial charge is 0.278 e. The highest BCUT2D eigenvalue weighted by atomic mass is 32.2. The highest BCUT2D eigenvalue weighted by Crippen LogP contribution is 2.47. The number of carbonyl (C=O) groups is 1. The third-order valence-electron chi connectivity index (χ3n) is 7.10. The van der Waals surface area contributed by atoms with Crippen LogP contribution in [0.5, 0.6) is 5.75 Å². The highest BCUT2D eigenvalue weighted by Gasteiger charge is 2.51. The zero-order chi connectivity index (χ0) is 24.5. The second kappa shape index (κ2) is 7.86. The molecule has 0 aliphatic carbocycles. The van der Waals surface area contributed by atoms with Crippen molar-refractivity contribution in [2.24, 2.45) is 0 Å². The van der Waals surface area contributed by atoms with Crippen molar-refractivity contribution >= 4 is 25.5 Å². The van der Waals surface area contributed by atoms with E-state index in [1.807, 2.05) is 37.1 Å². The lowest BCUT2D eigenvalue weighted by Crippen LogP contribution is -2.71. The topological polar surface area (TPSA) is 75.0 Å². The van der Waals surface area contributed by atoms with Gasteiger partial charge in [-0.25, -0.2) is 8.78 Å². The number of aromatic hydroxyl groups is 1. The van der Waals surface area contributed by atoms with Crippen molar-refractivity contribution in [2.45, 2.75) is 22.3 Å². The number of benzene rings is 2.